The van der Waals surface area contributed by atoms with E-state index in [0.29, 0.717) is 19.5 Å². The molecule has 5 nitrogen and oxygen atoms in total. The smallest absolute Gasteiger partial charge is 0.238 e. The van der Waals surface area contributed by atoms with Crippen LogP contribution in [0, 0.1) is 5.82 Å². The molecule has 31 heavy (non-hydrogen) atoms. The molecule has 0 radical (unpaired) electrons. The summed E-state index contributed by atoms with van der Waals surface area (Å²) in [6.07, 6.45) is 4.07. The molecule has 2 amide bonds. The second-order valence-corrected chi connectivity index (χ2v) is 8.74. The molecule has 0 saturated carbocycles. The standard InChI is InChI=1S/C25H30FN3O2/c1-2-18-7-3-4-8-22(18)27-24(31)16-29-15-21(19-10-12-20(26)13-11-19)25(17-29)14-6-5-9-23(30)28-25/h3-4,7-8,10-13,21H,2,5-6,9,14-17H2,1H3,(H,27,31)(H,28,30)/t21-,25+/m0/s1. The molecule has 2 aliphatic heterocycles. The second-order valence-electron chi connectivity index (χ2n) is 8.74. The van der Waals surface area contributed by atoms with Gasteiger partial charge in [0.2, 0.25) is 11.8 Å². The summed E-state index contributed by atoms with van der Waals surface area (Å²) in [5.74, 6) is -0.249. The molecule has 2 aliphatic rings. The van der Waals surface area contributed by atoms with Crippen LogP contribution in [0.4, 0.5) is 10.1 Å². The first-order valence-corrected chi connectivity index (χ1v) is 11.2. The van der Waals surface area contributed by atoms with Crippen molar-refractivity contribution in [1.29, 1.82) is 0 Å². The van der Waals surface area contributed by atoms with Crippen LogP contribution < -0.4 is 10.6 Å². The zero-order valence-corrected chi connectivity index (χ0v) is 18.0. The zero-order valence-electron chi connectivity index (χ0n) is 18.0. The van der Waals surface area contributed by atoms with Crippen molar-refractivity contribution in [2.24, 2.45) is 0 Å². The Bertz CT molecular complexity index is 946. The van der Waals surface area contributed by atoms with Crippen molar-refractivity contribution in [2.45, 2.75) is 50.5 Å². The first kappa shape index (κ1) is 21.5. The molecule has 164 valence electrons. The number of hydrogen-bond donors (Lipinski definition) is 2. The van der Waals surface area contributed by atoms with Crippen LogP contribution in [-0.2, 0) is 16.0 Å². The van der Waals surface area contributed by atoms with E-state index in [9.17, 15) is 14.0 Å². The molecule has 0 aromatic heterocycles. The number of amides is 2. The Morgan fingerprint density at radius 3 is 2.74 bits per heavy atom. The third kappa shape index (κ3) is 4.79. The highest BCUT2D eigenvalue weighted by Crippen LogP contribution is 2.40. The number of benzene rings is 2. The van der Waals surface area contributed by atoms with Gasteiger partial charge in [-0.3, -0.25) is 14.5 Å². The molecule has 2 N–H and O–H groups in total. The molecular weight excluding hydrogens is 393 g/mol. The average molecular weight is 424 g/mol. The van der Waals surface area contributed by atoms with Crippen LogP contribution in [0.1, 0.15) is 49.7 Å². The molecule has 2 heterocycles. The highest BCUT2D eigenvalue weighted by atomic mass is 19.1. The molecule has 1 spiro atoms. The van der Waals surface area contributed by atoms with Crippen LogP contribution in [0.3, 0.4) is 0 Å². The van der Waals surface area contributed by atoms with Gasteiger partial charge in [0.05, 0.1) is 12.1 Å². The van der Waals surface area contributed by atoms with E-state index in [4.69, 9.17) is 0 Å². The van der Waals surface area contributed by atoms with Crippen LogP contribution in [0.5, 0.6) is 0 Å². The number of rotatable bonds is 5. The van der Waals surface area contributed by atoms with Crippen molar-refractivity contribution in [2.75, 3.05) is 25.0 Å². The lowest BCUT2D eigenvalue weighted by Gasteiger charge is -2.35. The van der Waals surface area contributed by atoms with E-state index in [1.165, 1.54) is 12.1 Å². The van der Waals surface area contributed by atoms with Gasteiger partial charge in [0, 0.05) is 31.1 Å². The zero-order chi connectivity index (χ0) is 21.8. The lowest BCUT2D eigenvalue weighted by atomic mass is 9.79. The van der Waals surface area contributed by atoms with E-state index in [1.54, 1.807) is 12.1 Å². The number of para-hydroxylation sites is 1. The molecule has 2 fully saturated rings. The van der Waals surface area contributed by atoms with Gasteiger partial charge in [-0.1, -0.05) is 43.7 Å². The number of anilines is 1. The molecule has 0 unspecified atom stereocenters. The van der Waals surface area contributed by atoms with Crippen LogP contribution in [0.2, 0.25) is 0 Å². The predicted octanol–water partition coefficient (Wildman–Crippen LogP) is 3.86. The number of hydrogen-bond acceptors (Lipinski definition) is 3. The largest absolute Gasteiger partial charge is 0.349 e. The maximum Gasteiger partial charge on any atom is 0.238 e. The third-order valence-corrected chi connectivity index (χ3v) is 6.59. The first-order valence-electron chi connectivity index (χ1n) is 11.2. The van der Waals surface area contributed by atoms with E-state index in [0.717, 1.165) is 42.5 Å². The van der Waals surface area contributed by atoms with E-state index < -0.39 is 5.54 Å². The van der Waals surface area contributed by atoms with Crippen LogP contribution in [0.25, 0.3) is 0 Å². The van der Waals surface area contributed by atoms with Crippen LogP contribution in [-0.4, -0.2) is 41.9 Å². The number of carbonyl (C=O) groups is 2. The topological polar surface area (TPSA) is 61.4 Å². The number of nitrogens with zero attached hydrogens (tertiary/aromatic N) is 1. The minimum atomic E-state index is -0.424. The van der Waals surface area contributed by atoms with E-state index in [-0.39, 0.29) is 30.1 Å². The Morgan fingerprint density at radius 2 is 1.97 bits per heavy atom. The lowest BCUT2D eigenvalue weighted by Crippen LogP contribution is -2.52. The molecular formula is C25H30FN3O2. The summed E-state index contributed by atoms with van der Waals surface area (Å²) >= 11 is 0. The fourth-order valence-electron chi connectivity index (χ4n) is 5.10. The summed E-state index contributed by atoms with van der Waals surface area (Å²) in [5, 5.41) is 6.33. The van der Waals surface area contributed by atoms with Crippen molar-refractivity contribution in [3.63, 3.8) is 0 Å². The molecule has 0 bridgehead atoms. The van der Waals surface area contributed by atoms with Gasteiger partial charge >= 0.3 is 0 Å². The Morgan fingerprint density at radius 1 is 1.19 bits per heavy atom. The third-order valence-electron chi connectivity index (χ3n) is 6.59. The Labute approximate surface area is 183 Å². The number of aryl methyl sites for hydroxylation is 1. The summed E-state index contributed by atoms with van der Waals surface area (Å²) in [4.78, 5) is 27.4. The summed E-state index contributed by atoms with van der Waals surface area (Å²) in [7, 11) is 0. The van der Waals surface area contributed by atoms with Gasteiger partial charge in [0.1, 0.15) is 5.82 Å². The average Bonchev–Trinajstić information content (AvgIpc) is 2.97. The van der Waals surface area contributed by atoms with Gasteiger partial charge in [0.25, 0.3) is 0 Å². The first-order chi connectivity index (χ1) is 15.0. The van der Waals surface area contributed by atoms with Crippen molar-refractivity contribution in [3.8, 4) is 0 Å². The van der Waals surface area contributed by atoms with Gasteiger partial charge in [-0.15, -0.1) is 0 Å². The molecule has 2 aromatic carbocycles. The maximum absolute atomic E-state index is 13.5. The predicted molar refractivity (Wildman–Crippen MR) is 119 cm³/mol. The van der Waals surface area contributed by atoms with Crippen molar-refractivity contribution in [1.82, 2.24) is 10.2 Å². The number of likely N-dealkylation sites (tertiary alicyclic amines) is 1. The molecule has 2 saturated heterocycles. The Kier molecular flexibility index (Phi) is 6.37. The normalized spacial score (nSPS) is 24.1. The van der Waals surface area contributed by atoms with Crippen LogP contribution >= 0.6 is 0 Å². The van der Waals surface area contributed by atoms with Gasteiger partial charge in [-0.05, 0) is 48.6 Å². The Hall–Kier alpha value is -2.73. The number of carbonyl (C=O) groups excluding carboxylic acids is 2. The van der Waals surface area contributed by atoms with Crippen molar-refractivity contribution >= 4 is 17.5 Å². The lowest BCUT2D eigenvalue weighted by molar-refractivity contribution is -0.122. The van der Waals surface area contributed by atoms with Crippen molar-refractivity contribution in [3.05, 3.63) is 65.5 Å². The SMILES string of the molecule is CCc1ccccc1NC(=O)CN1C[C@@H](c2ccc(F)cc2)[C@@]2(CCCCC(=O)N2)C1. The van der Waals surface area contributed by atoms with Gasteiger partial charge < -0.3 is 10.6 Å². The van der Waals surface area contributed by atoms with Crippen molar-refractivity contribution < 1.29 is 14.0 Å². The quantitative estimate of drug-likeness (QED) is 0.768. The minimum absolute atomic E-state index is 0.0193. The summed E-state index contributed by atoms with van der Waals surface area (Å²) in [5.41, 5.74) is 2.53. The van der Waals surface area contributed by atoms with Gasteiger partial charge in [0.15, 0.2) is 0 Å². The summed E-state index contributed by atoms with van der Waals surface area (Å²) in [6, 6.07) is 14.4. The highest BCUT2D eigenvalue weighted by molar-refractivity contribution is 5.93. The van der Waals surface area contributed by atoms with Gasteiger partial charge in [-0.2, -0.15) is 0 Å². The molecule has 2 aromatic rings. The minimum Gasteiger partial charge on any atom is -0.349 e. The number of nitrogens with one attached hydrogen (secondary N) is 2. The summed E-state index contributed by atoms with van der Waals surface area (Å²) in [6.45, 7) is 3.59. The van der Waals surface area contributed by atoms with E-state index >= 15 is 0 Å². The molecule has 4 rings (SSSR count). The second kappa shape index (κ2) is 9.18. The van der Waals surface area contributed by atoms with Gasteiger partial charge in [-0.25, -0.2) is 4.39 Å². The summed E-state index contributed by atoms with van der Waals surface area (Å²) < 4.78 is 13.5. The van der Waals surface area contributed by atoms with E-state index in [1.807, 2.05) is 24.3 Å². The maximum atomic E-state index is 13.5. The Balaban J connectivity index is 1.53. The highest BCUT2D eigenvalue weighted by Gasteiger charge is 2.48. The molecule has 0 aliphatic carbocycles. The molecule has 2 atom stereocenters. The monoisotopic (exact) mass is 423 g/mol. The van der Waals surface area contributed by atoms with E-state index in [2.05, 4.69) is 22.5 Å². The molecule has 6 heteroatoms. The fourth-order valence-corrected chi connectivity index (χ4v) is 5.10. The fraction of sp³-hybridized carbons (Fsp3) is 0.440. The van der Waals surface area contributed by atoms with Crippen LogP contribution in [0.15, 0.2) is 48.5 Å². The number of halogens is 1.